The van der Waals surface area contributed by atoms with E-state index in [1.165, 1.54) is 19.4 Å². The molecule has 1 aromatic carbocycles. The molecule has 0 spiro atoms. The van der Waals surface area contributed by atoms with Gasteiger partial charge in [0.25, 0.3) is 0 Å². The van der Waals surface area contributed by atoms with E-state index in [2.05, 4.69) is 17.0 Å². The third-order valence-corrected chi connectivity index (χ3v) is 3.65. The second-order valence-electron chi connectivity index (χ2n) is 5.31. The van der Waals surface area contributed by atoms with Gasteiger partial charge in [-0.15, -0.1) is 0 Å². The summed E-state index contributed by atoms with van der Waals surface area (Å²) in [6.45, 7) is 4.36. The Morgan fingerprint density at radius 3 is 2.05 bits per heavy atom. The van der Waals surface area contributed by atoms with E-state index in [9.17, 15) is 9.59 Å². The number of carbonyl (C=O) groups is 2. The van der Waals surface area contributed by atoms with Gasteiger partial charge in [-0.05, 0) is 12.0 Å². The van der Waals surface area contributed by atoms with Crippen LogP contribution in [0.4, 0.5) is 0 Å². The van der Waals surface area contributed by atoms with E-state index in [0.29, 0.717) is 13.2 Å². The zero-order chi connectivity index (χ0) is 15.2. The minimum Gasteiger partial charge on any atom is -0.464 e. The monoisotopic (exact) mass is 291 g/mol. The van der Waals surface area contributed by atoms with E-state index < -0.39 is 0 Å². The summed E-state index contributed by atoms with van der Waals surface area (Å²) >= 11 is 0. The van der Waals surface area contributed by atoms with Crippen LogP contribution >= 0.6 is 0 Å². The fourth-order valence-corrected chi connectivity index (χ4v) is 2.55. The highest BCUT2D eigenvalue weighted by Gasteiger charge is 2.39. The van der Waals surface area contributed by atoms with Crippen molar-refractivity contribution in [3.8, 4) is 0 Å². The lowest BCUT2D eigenvalue weighted by Gasteiger charge is -2.47. The fraction of sp³-hybridized carbons (Fsp3) is 0.500. The van der Waals surface area contributed by atoms with Crippen molar-refractivity contribution in [3.05, 3.63) is 35.9 Å². The van der Waals surface area contributed by atoms with Gasteiger partial charge in [-0.1, -0.05) is 30.3 Å². The SMILES string of the molecule is CC(=O)OC[C@@H]1C[C@@H](COC(C)=O)N1Cc1ccccc1. The molecule has 2 rings (SSSR count). The highest BCUT2D eigenvalue weighted by Crippen LogP contribution is 2.28. The van der Waals surface area contributed by atoms with Crippen LogP contribution in [0.1, 0.15) is 25.8 Å². The van der Waals surface area contributed by atoms with Crippen molar-refractivity contribution in [1.82, 2.24) is 4.90 Å². The third kappa shape index (κ3) is 4.56. The Morgan fingerprint density at radius 2 is 1.57 bits per heavy atom. The van der Waals surface area contributed by atoms with Crippen molar-refractivity contribution in [1.29, 1.82) is 0 Å². The number of hydrogen-bond acceptors (Lipinski definition) is 5. The quantitative estimate of drug-likeness (QED) is 0.747. The van der Waals surface area contributed by atoms with Crippen LogP contribution in [0.15, 0.2) is 30.3 Å². The van der Waals surface area contributed by atoms with E-state index in [-0.39, 0.29) is 24.0 Å². The van der Waals surface area contributed by atoms with Gasteiger partial charge in [-0.2, -0.15) is 0 Å². The smallest absolute Gasteiger partial charge is 0.302 e. The molecule has 0 N–H and O–H groups in total. The Balaban J connectivity index is 1.93. The summed E-state index contributed by atoms with van der Waals surface area (Å²) in [7, 11) is 0. The van der Waals surface area contributed by atoms with Gasteiger partial charge >= 0.3 is 11.9 Å². The molecule has 2 atom stereocenters. The first-order chi connectivity index (χ1) is 10.1. The predicted octanol–water partition coefficient (Wildman–Crippen LogP) is 1.76. The molecule has 5 heteroatoms. The maximum atomic E-state index is 10.9. The van der Waals surface area contributed by atoms with E-state index >= 15 is 0 Å². The van der Waals surface area contributed by atoms with E-state index in [1.54, 1.807) is 0 Å². The van der Waals surface area contributed by atoms with Gasteiger partial charge < -0.3 is 9.47 Å². The lowest BCUT2D eigenvalue weighted by molar-refractivity contribution is -0.151. The second kappa shape index (κ2) is 7.22. The molecule has 0 unspecified atom stereocenters. The largest absolute Gasteiger partial charge is 0.464 e. The van der Waals surface area contributed by atoms with Crippen molar-refractivity contribution in [2.75, 3.05) is 13.2 Å². The van der Waals surface area contributed by atoms with Gasteiger partial charge in [0.15, 0.2) is 0 Å². The molecular formula is C16H21NO4. The van der Waals surface area contributed by atoms with Crippen LogP contribution in [-0.2, 0) is 25.6 Å². The average Bonchev–Trinajstić information content (AvgIpc) is 2.43. The standard InChI is InChI=1S/C16H21NO4/c1-12(18)20-10-15-8-16(11-21-13(2)19)17(15)9-14-6-4-3-5-7-14/h3-7,15-16H,8-11H2,1-2H3/t15-,16-/m0/s1. The molecule has 1 aliphatic rings. The number of hydrogen-bond donors (Lipinski definition) is 0. The minimum absolute atomic E-state index is 0.190. The molecule has 0 aromatic heterocycles. The minimum atomic E-state index is -0.266. The predicted molar refractivity (Wildman–Crippen MR) is 77.4 cm³/mol. The summed E-state index contributed by atoms with van der Waals surface area (Å²) in [5, 5.41) is 0. The Morgan fingerprint density at radius 1 is 1.05 bits per heavy atom. The summed E-state index contributed by atoms with van der Waals surface area (Å²) in [6, 6.07) is 10.5. The number of rotatable bonds is 6. The Hall–Kier alpha value is -1.88. The summed E-state index contributed by atoms with van der Waals surface area (Å²) in [6.07, 6.45) is 0.868. The first-order valence-electron chi connectivity index (χ1n) is 7.12. The molecule has 1 fully saturated rings. The average molecular weight is 291 g/mol. The summed E-state index contributed by atoms with van der Waals surface area (Å²) in [5.41, 5.74) is 1.19. The fourth-order valence-electron chi connectivity index (χ4n) is 2.55. The molecular weight excluding hydrogens is 270 g/mol. The topological polar surface area (TPSA) is 55.8 Å². The molecule has 0 amide bonds. The maximum absolute atomic E-state index is 10.9. The Kier molecular flexibility index (Phi) is 5.33. The normalized spacial score (nSPS) is 21.4. The van der Waals surface area contributed by atoms with Crippen molar-refractivity contribution < 1.29 is 19.1 Å². The molecule has 1 aromatic rings. The van der Waals surface area contributed by atoms with Crippen molar-refractivity contribution >= 4 is 11.9 Å². The number of nitrogens with zero attached hydrogens (tertiary/aromatic N) is 1. The maximum Gasteiger partial charge on any atom is 0.302 e. The third-order valence-electron chi connectivity index (χ3n) is 3.65. The summed E-state index contributed by atoms with van der Waals surface area (Å²) in [5.74, 6) is -0.531. The zero-order valence-electron chi connectivity index (χ0n) is 12.5. The van der Waals surface area contributed by atoms with Crippen LogP contribution in [0, 0.1) is 0 Å². The van der Waals surface area contributed by atoms with Gasteiger partial charge in [0.2, 0.25) is 0 Å². The highest BCUT2D eigenvalue weighted by molar-refractivity contribution is 5.66. The molecule has 1 aliphatic heterocycles. The molecule has 5 nitrogen and oxygen atoms in total. The first kappa shape index (κ1) is 15.5. The van der Waals surface area contributed by atoms with Crippen LogP contribution in [0.5, 0.6) is 0 Å². The highest BCUT2D eigenvalue weighted by atomic mass is 16.5. The van der Waals surface area contributed by atoms with Crippen LogP contribution in [0.25, 0.3) is 0 Å². The molecule has 0 radical (unpaired) electrons. The van der Waals surface area contributed by atoms with Crippen LogP contribution in [0.2, 0.25) is 0 Å². The second-order valence-corrected chi connectivity index (χ2v) is 5.31. The number of benzene rings is 1. The van der Waals surface area contributed by atoms with Gasteiger partial charge in [0.1, 0.15) is 13.2 Å². The number of ether oxygens (including phenoxy) is 2. The van der Waals surface area contributed by atoms with Gasteiger partial charge in [-0.3, -0.25) is 14.5 Å². The van der Waals surface area contributed by atoms with Crippen LogP contribution in [0.3, 0.4) is 0 Å². The van der Waals surface area contributed by atoms with Crippen LogP contribution < -0.4 is 0 Å². The lowest BCUT2D eigenvalue weighted by atomic mass is 9.92. The molecule has 0 saturated carbocycles. The van der Waals surface area contributed by atoms with Gasteiger partial charge in [0, 0.05) is 32.5 Å². The number of likely N-dealkylation sites (tertiary alicyclic amines) is 1. The van der Waals surface area contributed by atoms with Gasteiger partial charge in [-0.25, -0.2) is 0 Å². The number of carbonyl (C=O) groups excluding carboxylic acids is 2. The van der Waals surface area contributed by atoms with Crippen molar-refractivity contribution in [2.24, 2.45) is 0 Å². The van der Waals surface area contributed by atoms with E-state index in [0.717, 1.165) is 13.0 Å². The van der Waals surface area contributed by atoms with E-state index in [1.807, 2.05) is 18.2 Å². The molecule has 0 aliphatic carbocycles. The lowest BCUT2D eigenvalue weighted by Crippen LogP contribution is -2.59. The summed E-state index contributed by atoms with van der Waals surface area (Å²) in [4.78, 5) is 24.1. The summed E-state index contributed by atoms with van der Waals surface area (Å²) < 4.78 is 10.2. The zero-order valence-corrected chi connectivity index (χ0v) is 12.5. The molecule has 0 bridgehead atoms. The molecule has 114 valence electrons. The molecule has 21 heavy (non-hydrogen) atoms. The Bertz CT molecular complexity index is 464. The van der Waals surface area contributed by atoms with Crippen molar-refractivity contribution in [3.63, 3.8) is 0 Å². The first-order valence-corrected chi connectivity index (χ1v) is 7.12. The molecule has 1 heterocycles. The van der Waals surface area contributed by atoms with Crippen molar-refractivity contribution in [2.45, 2.75) is 38.9 Å². The van der Waals surface area contributed by atoms with E-state index in [4.69, 9.17) is 9.47 Å². The Labute approximate surface area is 124 Å². The van der Waals surface area contributed by atoms with Crippen LogP contribution in [-0.4, -0.2) is 42.1 Å². The molecule has 1 saturated heterocycles. The van der Waals surface area contributed by atoms with Gasteiger partial charge in [0.05, 0.1) is 0 Å². The number of esters is 2.